The maximum atomic E-state index is 0. The van der Waals surface area contributed by atoms with Gasteiger partial charge in [0, 0.05) is 0 Å². The second-order valence-corrected chi connectivity index (χ2v) is 0. The SMILES string of the molecule is [Bi+3].[Bi+3].[O-2].[O-2].[O-2].[O-2].[O-2].[O-2].[O-2].[O-2].[O-2].[Zr+4].[Zr+4].[Zr+4]. The van der Waals surface area contributed by atoms with Gasteiger partial charge in [0.1, 0.15) is 0 Å². The van der Waals surface area contributed by atoms with E-state index in [1.165, 1.54) is 0 Å². The molecule has 0 amide bonds. The molecule has 14 heavy (non-hydrogen) atoms. The van der Waals surface area contributed by atoms with Crippen LogP contribution in [0.3, 0.4) is 0 Å². The van der Waals surface area contributed by atoms with Crippen LogP contribution < -0.4 is 0 Å². The van der Waals surface area contributed by atoms with Crippen LogP contribution in [-0.2, 0) is 128 Å². The van der Waals surface area contributed by atoms with Gasteiger partial charge in [0.05, 0.1) is 0 Å². The van der Waals surface area contributed by atoms with Gasteiger partial charge in [-0.25, -0.2) is 0 Å². The Labute approximate surface area is 177 Å². The summed E-state index contributed by atoms with van der Waals surface area (Å²) in [4.78, 5) is 0. The zero-order valence-corrected chi connectivity index (χ0v) is 20.4. The third-order valence-corrected chi connectivity index (χ3v) is 0. The van der Waals surface area contributed by atoms with Crippen molar-refractivity contribution in [3.8, 4) is 0 Å². The van der Waals surface area contributed by atoms with E-state index >= 15 is 0 Å². The Kier molecular flexibility index (Phi) is 6100. The van der Waals surface area contributed by atoms with Crippen LogP contribution in [0.4, 0.5) is 0 Å². The average molecular weight is 836 g/mol. The summed E-state index contributed by atoms with van der Waals surface area (Å²) in [7, 11) is 0. The van der Waals surface area contributed by atoms with Gasteiger partial charge in [-0.3, -0.25) is 0 Å². The van der Waals surface area contributed by atoms with E-state index in [4.69, 9.17) is 0 Å². The topological polar surface area (TPSA) is 256 Å². The van der Waals surface area contributed by atoms with E-state index in [1.807, 2.05) is 0 Å². The fraction of sp³-hybridized carbons (Fsp3) is 0. The fourth-order valence-corrected chi connectivity index (χ4v) is 0. The number of hydrogen-bond donors (Lipinski definition) is 0. The molecule has 9 nitrogen and oxygen atoms in total. The molecule has 0 rings (SSSR count). The summed E-state index contributed by atoms with van der Waals surface area (Å²) in [5, 5.41) is 0. The summed E-state index contributed by atoms with van der Waals surface area (Å²) in [5.74, 6) is 0. The average Bonchev–Trinajstić information content (AvgIpc) is 0. The minimum absolute atomic E-state index is 0. The van der Waals surface area contributed by atoms with E-state index < -0.39 is 0 Å². The van der Waals surface area contributed by atoms with Gasteiger partial charge in [-0.2, -0.15) is 0 Å². The molecule has 0 aliphatic rings. The molecule has 0 aromatic carbocycles. The Morgan fingerprint density at radius 2 is 0.214 bits per heavy atom. The van der Waals surface area contributed by atoms with Crippen molar-refractivity contribution in [1.29, 1.82) is 0 Å². The van der Waals surface area contributed by atoms with Crippen molar-refractivity contribution in [2.45, 2.75) is 0 Å². The van der Waals surface area contributed by atoms with Crippen LogP contribution in [0.25, 0.3) is 0 Å². The summed E-state index contributed by atoms with van der Waals surface area (Å²) >= 11 is 0. The van der Waals surface area contributed by atoms with Gasteiger partial charge in [0.15, 0.2) is 0 Å². The van der Waals surface area contributed by atoms with Gasteiger partial charge >= 0.3 is 131 Å². The third kappa shape index (κ3) is 221. The van der Waals surface area contributed by atoms with Crippen LogP contribution >= 0.6 is 0 Å². The van der Waals surface area contributed by atoms with Crippen molar-refractivity contribution in [3.05, 3.63) is 0 Å². The largest absolute Gasteiger partial charge is 4.00 e. The quantitative estimate of drug-likeness (QED) is 0.244. The molecule has 0 N–H and O–H groups in total. The molecule has 0 aromatic rings. The van der Waals surface area contributed by atoms with E-state index in [0.717, 1.165) is 0 Å². The Morgan fingerprint density at radius 3 is 0.214 bits per heavy atom. The summed E-state index contributed by atoms with van der Waals surface area (Å²) in [5.41, 5.74) is 0. The van der Waals surface area contributed by atoms with Crippen LogP contribution in [0.1, 0.15) is 0 Å². The molecular formula is Bi2O9Zr3. The first-order valence-corrected chi connectivity index (χ1v) is 0. The van der Waals surface area contributed by atoms with Crippen molar-refractivity contribution in [3.63, 3.8) is 0 Å². The Bertz CT molecular complexity index is 18.0. The molecule has 0 saturated carbocycles. The molecule has 0 aliphatic heterocycles. The number of hydrogen-bond acceptors (Lipinski definition) is 0. The van der Waals surface area contributed by atoms with Crippen molar-refractivity contribution >= 4 is 52.4 Å². The monoisotopic (exact) mass is 832 g/mol. The summed E-state index contributed by atoms with van der Waals surface area (Å²) < 4.78 is 0. The van der Waals surface area contributed by atoms with Crippen LogP contribution in [-0.4, -0.2) is 52.4 Å². The van der Waals surface area contributed by atoms with Gasteiger partial charge in [0.2, 0.25) is 0 Å². The Morgan fingerprint density at radius 1 is 0.214 bits per heavy atom. The van der Waals surface area contributed by atoms with Crippen LogP contribution in [0.2, 0.25) is 0 Å². The van der Waals surface area contributed by atoms with E-state index in [9.17, 15) is 0 Å². The molecule has 0 bridgehead atoms. The third-order valence-electron chi connectivity index (χ3n) is 0. The van der Waals surface area contributed by atoms with Crippen LogP contribution in [0.15, 0.2) is 0 Å². The molecule has 0 saturated heterocycles. The first-order chi connectivity index (χ1) is 0. The van der Waals surface area contributed by atoms with Crippen LogP contribution in [0.5, 0.6) is 0 Å². The van der Waals surface area contributed by atoms with Gasteiger partial charge < -0.3 is 49.3 Å². The van der Waals surface area contributed by atoms with Gasteiger partial charge in [-0.05, 0) is 0 Å². The first kappa shape index (κ1) is 319. The molecule has 0 heterocycles. The zero-order valence-electron chi connectivity index (χ0n) is 6.07. The van der Waals surface area contributed by atoms with Crippen molar-refractivity contribution in [2.24, 2.45) is 0 Å². The normalized spacial score (nSPS) is 0. The minimum Gasteiger partial charge on any atom is -2.00 e. The minimum atomic E-state index is 0. The zero-order chi connectivity index (χ0) is 0. The predicted octanol–water partition coefficient (Wildman–Crippen LogP) is -1.84. The first-order valence-electron chi connectivity index (χ1n) is 0. The maximum Gasteiger partial charge on any atom is 4.00 e. The van der Waals surface area contributed by atoms with Crippen LogP contribution in [0, 0.1) is 0 Å². The standard InChI is InChI=1S/2Bi.9O.3Zr/q2*+3;9*-2;3*+4. The molecule has 76 valence electrons. The van der Waals surface area contributed by atoms with Crippen molar-refractivity contribution < 1.29 is 128 Å². The molecule has 4 radical (unpaired) electrons. The Balaban J connectivity index is 0. The molecule has 0 unspecified atom stereocenters. The van der Waals surface area contributed by atoms with E-state index in [-0.39, 0.29) is 180 Å². The maximum absolute atomic E-state index is 0. The van der Waals surface area contributed by atoms with Gasteiger partial charge in [0.25, 0.3) is 0 Å². The molecular weight excluding hydrogens is 836 g/mol. The second kappa shape index (κ2) is 267. The van der Waals surface area contributed by atoms with Crippen molar-refractivity contribution in [2.75, 3.05) is 0 Å². The molecule has 0 fully saturated rings. The molecule has 0 aromatic heterocycles. The molecule has 0 aliphatic carbocycles. The summed E-state index contributed by atoms with van der Waals surface area (Å²) in [6.45, 7) is 0. The number of rotatable bonds is 0. The molecule has 14 heteroatoms. The van der Waals surface area contributed by atoms with E-state index in [2.05, 4.69) is 0 Å². The van der Waals surface area contributed by atoms with Gasteiger partial charge in [-0.1, -0.05) is 0 Å². The molecule has 0 atom stereocenters. The van der Waals surface area contributed by atoms with E-state index in [0.29, 0.717) is 0 Å². The van der Waals surface area contributed by atoms with E-state index in [1.54, 1.807) is 0 Å². The second-order valence-electron chi connectivity index (χ2n) is 0. The fourth-order valence-electron chi connectivity index (χ4n) is 0. The predicted molar refractivity (Wildman–Crippen MR) is 17.7 cm³/mol. The molecule has 0 spiro atoms. The summed E-state index contributed by atoms with van der Waals surface area (Å²) in [6, 6.07) is 0. The van der Waals surface area contributed by atoms with Crippen molar-refractivity contribution in [1.82, 2.24) is 0 Å². The summed E-state index contributed by atoms with van der Waals surface area (Å²) in [6.07, 6.45) is 0. The van der Waals surface area contributed by atoms with Gasteiger partial charge in [-0.15, -0.1) is 0 Å². The smallest absolute Gasteiger partial charge is 2.00 e. The Hall–Kier alpha value is 4.06.